The molecule has 0 saturated carbocycles. The van der Waals surface area contributed by atoms with Crippen LogP contribution < -0.4 is 4.90 Å². The number of nitrogens with zero attached hydrogens (tertiary/aromatic N) is 5. The lowest BCUT2D eigenvalue weighted by Gasteiger charge is -2.24. The Labute approximate surface area is 107 Å². The summed E-state index contributed by atoms with van der Waals surface area (Å²) in [5, 5.41) is 0. The van der Waals surface area contributed by atoms with Crippen molar-refractivity contribution in [2.45, 2.75) is 25.3 Å². The molecule has 0 radical (unpaired) electrons. The lowest BCUT2D eigenvalue weighted by atomic mass is 10.1. The van der Waals surface area contributed by atoms with Gasteiger partial charge in [0.05, 0.1) is 0 Å². The second-order valence-electron chi connectivity index (χ2n) is 4.70. The number of hydrogen-bond donors (Lipinski definition) is 0. The summed E-state index contributed by atoms with van der Waals surface area (Å²) in [4.78, 5) is 15.4. The Morgan fingerprint density at radius 1 is 1.22 bits per heavy atom. The fourth-order valence-corrected chi connectivity index (χ4v) is 2.55. The molecule has 0 bridgehead atoms. The van der Waals surface area contributed by atoms with E-state index in [1.54, 1.807) is 12.4 Å². The van der Waals surface area contributed by atoms with E-state index >= 15 is 0 Å². The molecular weight excluding hydrogens is 226 g/mol. The highest BCUT2D eigenvalue weighted by molar-refractivity contribution is 5.32. The van der Waals surface area contributed by atoms with Gasteiger partial charge in [0.15, 0.2) is 0 Å². The van der Waals surface area contributed by atoms with Gasteiger partial charge >= 0.3 is 0 Å². The maximum Gasteiger partial charge on any atom is 0.225 e. The molecule has 0 aliphatic carbocycles. The molecule has 0 aromatic carbocycles. The Kier molecular flexibility index (Phi) is 2.96. The van der Waals surface area contributed by atoms with Crippen molar-refractivity contribution in [3.05, 3.63) is 36.7 Å². The third kappa shape index (κ3) is 2.08. The van der Waals surface area contributed by atoms with E-state index in [1.807, 2.05) is 25.5 Å². The third-order valence-electron chi connectivity index (χ3n) is 3.53. The van der Waals surface area contributed by atoms with Gasteiger partial charge in [-0.05, 0) is 18.9 Å². The first-order valence-corrected chi connectivity index (χ1v) is 6.34. The first-order chi connectivity index (χ1) is 8.84. The van der Waals surface area contributed by atoms with E-state index in [4.69, 9.17) is 0 Å². The molecule has 1 atom stereocenters. The molecule has 0 N–H and O–H groups in total. The average molecular weight is 243 g/mol. The highest BCUT2D eigenvalue weighted by atomic mass is 15.3. The van der Waals surface area contributed by atoms with Crippen LogP contribution in [0.25, 0.3) is 0 Å². The standard InChI is InChI=1S/C13H17N5/c1-17-9-7-14-12(17)10-11-4-2-8-18(11)13-15-5-3-6-16-13/h3,5-7,9,11H,2,4,8,10H2,1H3/t11-/m0/s1. The van der Waals surface area contributed by atoms with Gasteiger partial charge in [-0.25, -0.2) is 15.0 Å². The van der Waals surface area contributed by atoms with E-state index in [2.05, 4.69) is 24.4 Å². The zero-order valence-electron chi connectivity index (χ0n) is 10.5. The van der Waals surface area contributed by atoms with Gasteiger partial charge in [0.2, 0.25) is 5.95 Å². The molecule has 0 spiro atoms. The lowest BCUT2D eigenvalue weighted by Crippen LogP contribution is -2.33. The average Bonchev–Trinajstić information content (AvgIpc) is 3.01. The van der Waals surface area contributed by atoms with Crippen LogP contribution in [-0.2, 0) is 13.5 Å². The van der Waals surface area contributed by atoms with Gasteiger partial charge in [-0.2, -0.15) is 0 Å². The third-order valence-corrected chi connectivity index (χ3v) is 3.53. The van der Waals surface area contributed by atoms with Crippen LogP contribution in [0.2, 0.25) is 0 Å². The zero-order chi connectivity index (χ0) is 12.4. The molecule has 1 saturated heterocycles. The van der Waals surface area contributed by atoms with Gasteiger partial charge in [0, 0.05) is 50.8 Å². The number of rotatable bonds is 3. The topological polar surface area (TPSA) is 46.8 Å². The number of imidazole rings is 1. The van der Waals surface area contributed by atoms with Crippen LogP contribution in [0.3, 0.4) is 0 Å². The highest BCUT2D eigenvalue weighted by Gasteiger charge is 2.27. The first kappa shape index (κ1) is 11.2. The summed E-state index contributed by atoms with van der Waals surface area (Å²) in [6, 6.07) is 2.32. The molecule has 5 nitrogen and oxygen atoms in total. The van der Waals surface area contributed by atoms with Crippen molar-refractivity contribution in [2.24, 2.45) is 7.05 Å². The largest absolute Gasteiger partial charge is 0.338 e. The second kappa shape index (κ2) is 4.76. The van der Waals surface area contributed by atoms with E-state index in [-0.39, 0.29) is 0 Å². The predicted molar refractivity (Wildman–Crippen MR) is 69.3 cm³/mol. The Morgan fingerprint density at radius 3 is 2.78 bits per heavy atom. The number of anilines is 1. The van der Waals surface area contributed by atoms with Crippen molar-refractivity contribution >= 4 is 5.95 Å². The van der Waals surface area contributed by atoms with Crippen molar-refractivity contribution in [3.63, 3.8) is 0 Å². The molecule has 18 heavy (non-hydrogen) atoms. The van der Waals surface area contributed by atoms with E-state index in [9.17, 15) is 0 Å². The minimum absolute atomic E-state index is 0.466. The molecule has 5 heteroatoms. The van der Waals surface area contributed by atoms with E-state index in [0.29, 0.717) is 6.04 Å². The SMILES string of the molecule is Cn1ccnc1C[C@@H]1CCCN1c1ncccn1. The summed E-state index contributed by atoms with van der Waals surface area (Å²) in [6.45, 7) is 1.04. The molecule has 2 aromatic rings. The Hall–Kier alpha value is -1.91. The minimum atomic E-state index is 0.466. The molecule has 3 heterocycles. The van der Waals surface area contributed by atoms with Gasteiger partial charge < -0.3 is 9.47 Å². The van der Waals surface area contributed by atoms with Gasteiger partial charge in [-0.3, -0.25) is 0 Å². The molecule has 0 unspecified atom stereocenters. The van der Waals surface area contributed by atoms with E-state index < -0.39 is 0 Å². The van der Waals surface area contributed by atoms with E-state index in [0.717, 1.165) is 24.7 Å². The maximum atomic E-state index is 4.40. The maximum absolute atomic E-state index is 4.40. The van der Waals surface area contributed by atoms with Crippen LogP contribution in [0.1, 0.15) is 18.7 Å². The van der Waals surface area contributed by atoms with Crippen LogP contribution >= 0.6 is 0 Å². The fraction of sp³-hybridized carbons (Fsp3) is 0.462. The predicted octanol–water partition coefficient (Wildman–Crippen LogP) is 1.42. The second-order valence-corrected chi connectivity index (χ2v) is 4.70. The molecule has 1 aliphatic heterocycles. The van der Waals surface area contributed by atoms with Crippen molar-refractivity contribution < 1.29 is 0 Å². The van der Waals surface area contributed by atoms with Crippen LogP contribution in [0.15, 0.2) is 30.9 Å². The first-order valence-electron chi connectivity index (χ1n) is 6.34. The fourth-order valence-electron chi connectivity index (χ4n) is 2.55. The molecule has 2 aromatic heterocycles. The zero-order valence-corrected chi connectivity index (χ0v) is 10.5. The molecule has 94 valence electrons. The summed E-state index contributed by atoms with van der Waals surface area (Å²) in [7, 11) is 2.04. The monoisotopic (exact) mass is 243 g/mol. The van der Waals surface area contributed by atoms with Crippen LogP contribution in [0.4, 0.5) is 5.95 Å². The number of aryl methyl sites for hydroxylation is 1. The van der Waals surface area contributed by atoms with Crippen LogP contribution in [0, 0.1) is 0 Å². The summed E-state index contributed by atoms with van der Waals surface area (Å²) in [6.07, 6.45) is 10.8. The van der Waals surface area contributed by atoms with Crippen LogP contribution in [-0.4, -0.2) is 32.1 Å². The minimum Gasteiger partial charge on any atom is -0.338 e. The smallest absolute Gasteiger partial charge is 0.225 e. The summed E-state index contributed by atoms with van der Waals surface area (Å²) >= 11 is 0. The molecule has 0 amide bonds. The number of aromatic nitrogens is 4. The Morgan fingerprint density at radius 2 is 2.06 bits per heavy atom. The normalized spacial score (nSPS) is 19.4. The van der Waals surface area contributed by atoms with E-state index in [1.165, 1.54) is 12.8 Å². The summed E-state index contributed by atoms with van der Waals surface area (Å²) in [5.74, 6) is 1.97. The lowest BCUT2D eigenvalue weighted by molar-refractivity contribution is 0.613. The van der Waals surface area contributed by atoms with Crippen molar-refractivity contribution in [1.82, 2.24) is 19.5 Å². The Balaban J connectivity index is 1.78. The van der Waals surface area contributed by atoms with Crippen LogP contribution in [0.5, 0.6) is 0 Å². The summed E-state index contributed by atoms with van der Waals surface area (Å²) < 4.78 is 2.09. The van der Waals surface area contributed by atoms with Gasteiger partial charge in [-0.15, -0.1) is 0 Å². The highest BCUT2D eigenvalue weighted by Crippen LogP contribution is 2.24. The number of hydrogen-bond acceptors (Lipinski definition) is 4. The van der Waals surface area contributed by atoms with Gasteiger partial charge in [0.1, 0.15) is 5.82 Å². The van der Waals surface area contributed by atoms with Crippen molar-refractivity contribution in [3.8, 4) is 0 Å². The molecular formula is C13H17N5. The van der Waals surface area contributed by atoms with Gasteiger partial charge in [0.25, 0.3) is 0 Å². The summed E-state index contributed by atoms with van der Waals surface area (Å²) in [5.41, 5.74) is 0. The molecule has 3 rings (SSSR count). The van der Waals surface area contributed by atoms with Crippen molar-refractivity contribution in [1.29, 1.82) is 0 Å². The van der Waals surface area contributed by atoms with Gasteiger partial charge in [-0.1, -0.05) is 0 Å². The molecule has 1 aliphatic rings. The van der Waals surface area contributed by atoms with Crippen molar-refractivity contribution in [2.75, 3.05) is 11.4 Å². The molecule has 1 fully saturated rings. The Bertz CT molecular complexity index is 507. The quantitative estimate of drug-likeness (QED) is 0.818.